The van der Waals surface area contributed by atoms with Crippen molar-refractivity contribution in [2.75, 3.05) is 26.2 Å². The van der Waals surface area contributed by atoms with E-state index in [4.69, 9.17) is 18.6 Å². The van der Waals surface area contributed by atoms with Crippen molar-refractivity contribution < 1.29 is 30.2 Å². The third-order valence-electron chi connectivity index (χ3n) is 7.96. The van der Waals surface area contributed by atoms with Crippen LogP contribution in [0.5, 0.6) is 0 Å². The molecule has 0 amide bonds. The Bertz CT molecular complexity index is 868. The SMILES string of the molecule is CC(C)C1CC2C(c3ccc(C(F)(F)F)cc3)=CC=CC2C1[Si](C)(C)N1CC[N-]CC1.[CH3-].[Cl][Ti][Cl]. The zero-order valence-corrected chi connectivity index (χ0v) is 25.3. The van der Waals surface area contributed by atoms with Crippen LogP contribution in [-0.2, 0) is 23.2 Å². The molecule has 1 aromatic rings. The Kier molecular flexibility index (Phi) is 11.7. The second kappa shape index (κ2) is 13.1. The first-order chi connectivity index (χ1) is 16.0. The van der Waals surface area contributed by atoms with Gasteiger partial charge in [0.2, 0.25) is 0 Å². The number of piperazine rings is 1. The van der Waals surface area contributed by atoms with Crippen molar-refractivity contribution in [3.05, 3.63) is 66.4 Å². The first kappa shape index (κ1) is 31.1. The first-order valence-corrected chi connectivity index (χ1v) is 19.2. The molecular weight excluding hydrogens is 544 g/mol. The van der Waals surface area contributed by atoms with Gasteiger partial charge < -0.3 is 17.3 Å². The molecule has 4 unspecified atom stereocenters. The van der Waals surface area contributed by atoms with E-state index in [2.05, 4.69) is 55.1 Å². The molecule has 0 N–H and O–H groups in total. The number of halogens is 5. The van der Waals surface area contributed by atoms with Crippen LogP contribution in [0.3, 0.4) is 0 Å². The van der Waals surface area contributed by atoms with Gasteiger partial charge in [0, 0.05) is 0 Å². The third-order valence-corrected chi connectivity index (χ3v) is 12.5. The summed E-state index contributed by atoms with van der Waals surface area (Å²) in [5.41, 5.74) is 2.22. The fraction of sp³-hybridized carbons (Fsp3) is 0.577. The van der Waals surface area contributed by atoms with Crippen molar-refractivity contribution in [3.8, 4) is 0 Å². The molecule has 35 heavy (non-hydrogen) atoms. The normalized spacial score (nSPS) is 26.9. The number of allylic oxidation sites excluding steroid dienone is 4. The molecule has 1 saturated heterocycles. The van der Waals surface area contributed by atoms with Gasteiger partial charge in [-0.05, 0) is 72.0 Å². The molecule has 2 nitrogen and oxygen atoms in total. The summed E-state index contributed by atoms with van der Waals surface area (Å²) in [6, 6.07) is 5.78. The number of nitrogens with zero attached hydrogens (tertiary/aromatic N) is 2. The molecule has 0 radical (unpaired) electrons. The molecule has 3 aliphatic rings. The molecule has 2 aliphatic carbocycles. The van der Waals surface area contributed by atoms with Gasteiger partial charge in [-0.1, -0.05) is 57.3 Å². The Morgan fingerprint density at radius 3 is 2.17 bits per heavy atom. The van der Waals surface area contributed by atoms with Gasteiger partial charge in [0.15, 0.2) is 0 Å². The van der Waals surface area contributed by atoms with E-state index in [0.717, 1.165) is 38.2 Å². The first-order valence-electron chi connectivity index (χ1n) is 11.9. The van der Waals surface area contributed by atoms with Crippen molar-refractivity contribution in [3.63, 3.8) is 0 Å². The van der Waals surface area contributed by atoms with Crippen LogP contribution in [-0.4, -0.2) is 39.0 Å². The van der Waals surface area contributed by atoms with Crippen molar-refractivity contribution in [1.29, 1.82) is 0 Å². The number of hydrogen-bond donors (Lipinski definition) is 0. The predicted octanol–water partition coefficient (Wildman–Crippen LogP) is 8.66. The van der Waals surface area contributed by atoms with Crippen LogP contribution in [0.2, 0.25) is 18.6 Å². The van der Waals surface area contributed by atoms with E-state index in [9.17, 15) is 13.2 Å². The standard InChI is InChI=1S/C25H34F3N2Si.CH3.2ClH.Ti/c1-17(2)22-16-23-20(18-8-10-19(11-9-18)25(26,27)28)6-5-7-21(23)24(22)31(3,4)30-14-12-29-13-15-30;;;;/h5-11,17,21-24H,12-16H2,1-4H3;1H3;2*1H;/q2*-1;;;+2/p-2. The second-order valence-electron chi connectivity index (χ2n) is 10.3. The van der Waals surface area contributed by atoms with Gasteiger partial charge in [-0.25, -0.2) is 0 Å². The van der Waals surface area contributed by atoms with E-state index in [0.29, 0.717) is 29.2 Å². The van der Waals surface area contributed by atoms with Crippen LogP contribution in [0.15, 0.2) is 42.5 Å². The zero-order chi connectivity index (χ0) is 25.1. The summed E-state index contributed by atoms with van der Waals surface area (Å²) in [7, 11) is 8.06. The Morgan fingerprint density at radius 2 is 1.66 bits per heavy atom. The van der Waals surface area contributed by atoms with Crippen molar-refractivity contribution in [2.45, 2.75) is 45.1 Å². The third kappa shape index (κ3) is 7.07. The summed E-state index contributed by atoms with van der Waals surface area (Å²) in [5.74, 6) is 2.09. The molecule has 9 heteroatoms. The number of hydrogen-bond acceptors (Lipinski definition) is 1. The van der Waals surface area contributed by atoms with Crippen LogP contribution in [0.1, 0.15) is 31.4 Å². The second-order valence-corrected chi connectivity index (χ2v) is 17.5. The minimum atomic E-state index is -4.29. The number of rotatable bonds is 4. The van der Waals surface area contributed by atoms with E-state index in [1.807, 2.05) is 0 Å². The molecule has 4 rings (SSSR count). The molecule has 1 heterocycles. The van der Waals surface area contributed by atoms with Crippen LogP contribution in [0.25, 0.3) is 10.9 Å². The molecule has 2 fully saturated rings. The minimum absolute atomic E-state index is 0. The molecule has 196 valence electrons. The summed E-state index contributed by atoms with van der Waals surface area (Å²) < 4.78 is 41.9. The zero-order valence-electron chi connectivity index (χ0n) is 21.2. The topological polar surface area (TPSA) is 17.3 Å². The molecule has 0 bridgehead atoms. The average molecular weight is 581 g/mol. The maximum absolute atomic E-state index is 13.0. The fourth-order valence-corrected chi connectivity index (χ4v) is 11.0. The summed E-state index contributed by atoms with van der Waals surface area (Å²) in [6.07, 6.45) is 3.52. The molecule has 0 aromatic heterocycles. The molecule has 1 saturated carbocycles. The molecule has 1 aliphatic heterocycles. The van der Waals surface area contributed by atoms with Gasteiger partial charge in [0.25, 0.3) is 0 Å². The number of alkyl halides is 3. The predicted molar refractivity (Wildman–Crippen MR) is 143 cm³/mol. The van der Waals surface area contributed by atoms with Gasteiger partial charge >= 0.3 is 41.8 Å². The van der Waals surface area contributed by atoms with E-state index in [-0.39, 0.29) is 7.43 Å². The van der Waals surface area contributed by atoms with Crippen molar-refractivity contribution in [1.82, 2.24) is 4.57 Å². The molecule has 0 spiro atoms. The van der Waals surface area contributed by atoms with Crippen molar-refractivity contribution in [2.24, 2.45) is 23.7 Å². The summed E-state index contributed by atoms with van der Waals surface area (Å²) in [5, 5.41) is 4.56. The van der Waals surface area contributed by atoms with E-state index in [1.54, 1.807) is 12.1 Å². The molecule has 4 atom stereocenters. The van der Waals surface area contributed by atoms with Crippen LogP contribution >= 0.6 is 18.6 Å². The quantitative estimate of drug-likeness (QED) is 0.257. The van der Waals surface area contributed by atoms with Crippen molar-refractivity contribution >= 4 is 32.4 Å². The van der Waals surface area contributed by atoms with Crippen LogP contribution in [0, 0.1) is 31.1 Å². The van der Waals surface area contributed by atoms with Gasteiger partial charge in [-0.3, -0.25) is 0 Å². The maximum atomic E-state index is 13.0. The van der Waals surface area contributed by atoms with Crippen LogP contribution < -0.4 is 0 Å². The van der Waals surface area contributed by atoms with E-state index >= 15 is 0 Å². The number of fused-ring (bicyclic) bond motifs is 1. The monoisotopic (exact) mass is 580 g/mol. The Morgan fingerprint density at radius 1 is 1.09 bits per heavy atom. The van der Waals surface area contributed by atoms with Gasteiger partial charge in [-0.15, -0.1) is 13.1 Å². The Labute approximate surface area is 227 Å². The molecular formula is C26H37Cl2F3N2SiTi-2. The van der Waals surface area contributed by atoms with Gasteiger partial charge in [0.1, 0.15) is 8.24 Å². The van der Waals surface area contributed by atoms with Gasteiger partial charge in [0.05, 0.1) is 5.56 Å². The summed E-state index contributed by atoms with van der Waals surface area (Å²) >= 11 is -0.556. The summed E-state index contributed by atoms with van der Waals surface area (Å²) in [6.45, 7) is 13.8. The number of benzene rings is 1. The Hall–Kier alpha value is -0.0788. The van der Waals surface area contributed by atoms with E-state index in [1.165, 1.54) is 17.7 Å². The average Bonchev–Trinajstić information content (AvgIpc) is 3.21. The molecule has 1 aromatic carbocycles. The van der Waals surface area contributed by atoms with Crippen LogP contribution in [0.4, 0.5) is 13.2 Å². The van der Waals surface area contributed by atoms with E-state index < -0.39 is 37.0 Å². The Balaban J connectivity index is 0.00000103. The fourth-order valence-electron chi connectivity index (χ4n) is 6.37. The summed E-state index contributed by atoms with van der Waals surface area (Å²) in [4.78, 5) is 0. The van der Waals surface area contributed by atoms with Gasteiger partial charge in [-0.2, -0.15) is 13.2 Å².